The number of nitrogens with zero attached hydrogens (tertiary/aromatic N) is 4. The van der Waals surface area contributed by atoms with Crippen molar-refractivity contribution in [2.45, 2.75) is 31.2 Å². The molecular formula is C19H20N4O2S. The van der Waals surface area contributed by atoms with Crippen molar-refractivity contribution < 1.29 is 9.53 Å². The zero-order valence-electron chi connectivity index (χ0n) is 15.1. The largest absolute Gasteiger partial charge is 0.497 e. The average Bonchev–Trinajstić information content (AvgIpc) is 3.08. The molecule has 3 rings (SSSR count). The van der Waals surface area contributed by atoms with Gasteiger partial charge in [-0.25, -0.2) is 0 Å². The summed E-state index contributed by atoms with van der Waals surface area (Å²) < 4.78 is 6.84. The standard InChI is InChI=1S/C19H20N4O2S/c1-12-6-5-7-13(2)17(12)23-19(20-21-22-23)26-14(3)18(24)15-8-10-16(25-4)11-9-15/h5-11,14H,1-4H3/t14-/m1/s1. The van der Waals surface area contributed by atoms with Gasteiger partial charge < -0.3 is 4.74 Å². The Morgan fingerprint density at radius 1 is 1.12 bits per heavy atom. The molecule has 134 valence electrons. The van der Waals surface area contributed by atoms with Crippen molar-refractivity contribution in [2.75, 3.05) is 7.11 Å². The first-order valence-corrected chi connectivity index (χ1v) is 9.09. The van der Waals surface area contributed by atoms with Gasteiger partial charge in [-0.2, -0.15) is 4.68 Å². The molecule has 0 saturated carbocycles. The Kier molecular flexibility index (Phi) is 5.37. The maximum absolute atomic E-state index is 12.7. The van der Waals surface area contributed by atoms with Crippen molar-refractivity contribution in [3.63, 3.8) is 0 Å². The van der Waals surface area contributed by atoms with Crippen LogP contribution >= 0.6 is 11.8 Å². The van der Waals surface area contributed by atoms with Crippen molar-refractivity contribution in [3.05, 3.63) is 59.2 Å². The van der Waals surface area contributed by atoms with Crippen molar-refractivity contribution in [1.82, 2.24) is 20.2 Å². The molecule has 1 heterocycles. The van der Waals surface area contributed by atoms with Crippen LogP contribution in [0.2, 0.25) is 0 Å². The molecule has 0 bridgehead atoms. The number of aromatic nitrogens is 4. The molecule has 0 aliphatic carbocycles. The van der Waals surface area contributed by atoms with Gasteiger partial charge >= 0.3 is 0 Å². The van der Waals surface area contributed by atoms with E-state index in [0.29, 0.717) is 10.7 Å². The second-order valence-electron chi connectivity index (χ2n) is 5.97. The molecule has 0 amide bonds. The Bertz CT molecular complexity index is 901. The molecule has 1 aromatic heterocycles. The van der Waals surface area contributed by atoms with Crippen LogP contribution in [0.5, 0.6) is 5.75 Å². The fraction of sp³-hybridized carbons (Fsp3) is 0.263. The number of methoxy groups -OCH3 is 1. The Morgan fingerprint density at radius 2 is 1.77 bits per heavy atom. The summed E-state index contributed by atoms with van der Waals surface area (Å²) in [6.07, 6.45) is 0. The third-order valence-corrected chi connectivity index (χ3v) is 5.15. The minimum Gasteiger partial charge on any atom is -0.497 e. The Hall–Kier alpha value is -2.67. The smallest absolute Gasteiger partial charge is 0.214 e. The Balaban J connectivity index is 1.83. The van der Waals surface area contributed by atoms with Crippen LogP contribution in [0.4, 0.5) is 0 Å². The third kappa shape index (κ3) is 3.62. The zero-order chi connectivity index (χ0) is 18.7. The number of thioether (sulfide) groups is 1. The summed E-state index contributed by atoms with van der Waals surface area (Å²) in [5.41, 5.74) is 3.74. The molecule has 26 heavy (non-hydrogen) atoms. The van der Waals surface area contributed by atoms with Gasteiger partial charge in [-0.15, -0.1) is 5.10 Å². The van der Waals surface area contributed by atoms with E-state index in [-0.39, 0.29) is 11.0 Å². The van der Waals surface area contributed by atoms with Crippen LogP contribution in [-0.2, 0) is 0 Å². The minimum atomic E-state index is -0.322. The number of benzene rings is 2. The maximum atomic E-state index is 12.7. The highest BCUT2D eigenvalue weighted by Crippen LogP contribution is 2.28. The Morgan fingerprint density at radius 3 is 2.38 bits per heavy atom. The number of tetrazole rings is 1. The van der Waals surface area contributed by atoms with Crippen LogP contribution in [0.3, 0.4) is 0 Å². The molecule has 0 saturated heterocycles. The molecule has 6 nitrogen and oxygen atoms in total. The summed E-state index contributed by atoms with van der Waals surface area (Å²) >= 11 is 1.35. The number of aryl methyl sites for hydroxylation is 2. The van der Waals surface area contributed by atoms with Gasteiger partial charge in [0, 0.05) is 5.56 Å². The number of ether oxygens (including phenoxy) is 1. The summed E-state index contributed by atoms with van der Waals surface area (Å²) in [6, 6.07) is 13.1. The first-order valence-electron chi connectivity index (χ1n) is 8.21. The summed E-state index contributed by atoms with van der Waals surface area (Å²) in [5, 5.41) is 12.3. The predicted molar refractivity (Wildman–Crippen MR) is 101 cm³/mol. The van der Waals surface area contributed by atoms with Gasteiger partial charge in [-0.1, -0.05) is 30.0 Å². The number of para-hydroxylation sites is 1. The predicted octanol–water partition coefficient (Wildman–Crippen LogP) is 3.65. The summed E-state index contributed by atoms with van der Waals surface area (Å²) in [7, 11) is 1.60. The molecule has 1 atom stereocenters. The van der Waals surface area contributed by atoms with E-state index in [1.54, 1.807) is 36.1 Å². The lowest BCUT2D eigenvalue weighted by Crippen LogP contribution is -2.15. The SMILES string of the molecule is COc1ccc(C(=O)[C@@H](C)Sc2nnnn2-c2c(C)cccc2C)cc1. The van der Waals surface area contributed by atoms with E-state index < -0.39 is 0 Å². The van der Waals surface area contributed by atoms with E-state index >= 15 is 0 Å². The molecular weight excluding hydrogens is 348 g/mol. The first kappa shape index (κ1) is 18.1. The Labute approximate surface area is 156 Å². The van der Waals surface area contributed by atoms with Gasteiger partial charge in [0.05, 0.1) is 18.0 Å². The van der Waals surface area contributed by atoms with Crippen molar-refractivity contribution in [1.29, 1.82) is 0 Å². The minimum absolute atomic E-state index is 0.0220. The normalized spacial score (nSPS) is 12.0. The second-order valence-corrected chi connectivity index (χ2v) is 7.27. The second kappa shape index (κ2) is 7.70. The van der Waals surface area contributed by atoms with E-state index in [9.17, 15) is 4.79 Å². The van der Waals surface area contributed by atoms with Crippen molar-refractivity contribution in [3.8, 4) is 11.4 Å². The fourth-order valence-corrected chi connectivity index (χ4v) is 3.60. The molecule has 0 radical (unpaired) electrons. The van der Waals surface area contributed by atoms with E-state index in [2.05, 4.69) is 15.5 Å². The summed E-state index contributed by atoms with van der Waals surface area (Å²) in [4.78, 5) is 12.7. The average molecular weight is 368 g/mol. The highest BCUT2D eigenvalue weighted by Gasteiger charge is 2.21. The molecule has 3 aromatic rings. The number of carbonyl (C=O) groups excluding carboxylic acids is 1. The van der Waals surface area contributed by atoms with Crippen LogP contribution in [0.25, 0.3) is 5.69 Å². The van der Waals surface area contributed by atoms with Crippen LogP contribution in [0.1, 0.15) is 28.4 Å². The third-order valence-electron chi connectivity index (χ3n) is 4.12. The van der Waals surface area contributed by atoms with Gasteiger partial charge in [-0.3, -0.25) is 4.79 Å². The highest BCUT2D eigenvalue weighted by atomic mass is 32.2. The van der Waals surface area contributed by atoms with Crippen LogP contribution in [-0.4, -0.2) is 38.4 Å². The highest BCUT2D eigenvalue weighted by molar-refractivity contribution is 8.00. The quantitative estimate of drug-likeness (QED) is 0.489. The summed E-state index contributed by atoms with van der Waals surface area (Å²) in [6.45, 7) is 5.90. The van der Waals surface area contributed by atoms with Crippen LogP contribution in [0, 0.1) is 13.8 Å². The van der Waals surface area contributed by atoms with Gasteiger partial charge in [0.2, 0.25) is 5.16 Å². The zero-order valence-corrected chi connectivity index (χ0v) is 15.9. The van der Waals surface area contributed by atoms with Gasteiger partial charge in [0.25, 0.3) is 0 Å². The molecule has 0 aliphatic heterocycles. The van der Waals surface area contributed by atoms with Gasteiger partial charge in [-0.05, 0) is 66.6 Å². The number of rotatable bonds is 6. The van der Waals surface area contributed by atoms with Crippen molar-refractivity contribution in [2.24, 2.45) is 0 Å². The van der Waals surface area contributed by atoms with Crippen LogP contribution < -0.4 is 4.74 Å². The number of hydrogen-bond donors (Lipinski definition) is 0. The molecule has 0 fully saturated rings. The fourth-order valence-electron chi connectivity index (χ4n) is 2.73. The number of ketones is 1. The monoisotopic (exact) mass is 368 g/mol. The van der Waals surface area contributed by atoms with Gasteiger partial charge in [0.1, 0.15) is 5.75 Å². The van der Waals surface area contributed by atoms with Gasteiger partial charge in [0.15, 0.2) is 5.78 Å². The lowest BCUT2D eigenvalue weighted by Gasteiger charge is -2.13. The molecule has 0 spiro atoms. The van der Waals surface area contributed by atoms with E-state index in [4.69, 9.17) is 4.74 Å². The van der Waals surface area contributed by atoms with E-state index in [1.807, 2.05) is 39.0 Å². The molecule has 0 N–H and O–H groups in total. The summed E-state index contributed by atoms with van der Waals surface area (Å²) in [5.74, 6) is 0.745. The number of carbonyl (C=O) groups is 1. The van der Waals surface area contributed by atoms with E-state index in [1.165, 1.54) is 11.8 Å². The first-order chi connectivity index (χ1) is 12.5. The molecule has 0 aliphatic rings. The number of Topliss-reactive ketones (excluding diaryl/α,β-unsaturated/α-hetero) is 1. The van der Waals surface area contributed by atoms with E-state index in [0.717, 1.165) is 22.6 Å². The maximum Gasteiger partial charge on any atom is 0.214 e. The molecule has 7 heteroatoms. The topological polar surface area (TPSA) is 69.9 Å². The number of hydrogen-bond acceptors (Lipinski definition) is 6. The van der Waals surface area contributed by atoms with Crippen LogP contribution in [0.15, 0.2) is 47.6 Å². The molecule has 0 unspecified atom stereocenters. The lowest BCUT2D eigenvalue weighted by atomic mass is 10.1. The van der Waals surface area contributed by atoms with Crippen molar-refractivity contribution >= 4 is 17.5 Å². The lowest BCUT2D eigenvalue weighted by molar-refractivity contribution is 0.0994. The molecule has 2 aromatic carbocycles.